The van der Waals surface area contributed by atoms with Gasteiger partial charge in [0.1, 0.15) is 28.4 Å². The van der Waals surface area contributed by atoms with E-state index in [-0.39, 0.29) is 17.6 Å². The molecule has 0 fully saturated rings. The van der Waals surface area contributed by atoms with Gasteiger partial charge in [-0.1, -0.05) is 0 Å². The predicted octanol–water partition coefficient (Wildman–Crippen LogP) is 4.91. The Morgan fingerprint density at radius 2 is 1.74 bits per heavy atom. The Morgan fingerprint density at radius 3 is 2.40 bits per heavy atom. The molecule has 0 spiro atoms. The van der Waals surface area contributed by atoms with E-state index in [9.17, 15) is 13.5 Å². The van der Waals surface area contributed by atoms with E-state index in [0.717, 1.165) is 33.1 Å². The third-order valence-corrected chi connectivity index (χ3v) is 7.19. The number of thiazole rings is 1. The summed E-state index contributed by atoms with van der Waals surface area (Å²) in [5.74, 6) is 1.63. The number of nitrogens with zero attached hydrogens (tertiary/aromatic N) is 1. The summed E-state index contributed by atoms with van der Waals surface area (Å²) in [7, 11) is -1.67. The van der Waals surface area contributed by atoms with Gasteiger partial charge in [0.2, 0.25) is 0 Å². The Hall–Kier alpha value is -3.18. The number of H-pyrrole nitrogens is 1. The molecule has 2 heterocycles. The van der Waals surface area contributed by atoms with Gasteiger partial charge in [-0.25, -0.2) is 13.4 Å². The van der Waals surface area contributed by atoms with Crippen LogP contribution >= 0.6 is 11.3 Å². The fraction of sp³-hybridized carbons (Fsp3) is 0.240. The normalized spacial score (nSPS) is 12.5. The van der Waals surface area contributed by atoms with Gasteiger partial charge in [0.25, 0.3) is 0 Å². The van der Waals surface area contributed by atoms with E-state index in [1.54, 1.807) is 31.5 Å². The molecule has 0 aliphatic carbocycles. The summed E-state index contributed by atoms with van der Waals surface area (Å²) in [6, 6.07) is 15.7. The molecule has 4 aromatic rings. The summed E-state index contributed by atoms with van der Waals surface area (Å²) in [6.07, 6.45) is 2.65. The minimum atomic E-state index is -3.29. The number of aromatic nitrogens is 2. The maximum absolute atomic E-state index is 11.7. The third-order valence-electron chi connectivity index (χ3n) is 5.04. The van der Waals surface area contributed by atoms with Crippen LogP contribution in [0.4, 0.5) is 0 Å². The molecule has 0 aliphatic heterocycles. The van der Waals surface area contributed by atoms with Gasteiger partial charge in [-0.05, 0) is 55.5 Å². The molecule has 0 saturated carbocycles. The van der Waals surface area contributed by atoms with Gasteiger partial charge >= 0.3 is 0 Å². The topological polar surface area (TPSA) is 111 Å². The molecule has 4 rings (SSSR count). The van der Waals surface area contributed by atoms with Crippen molar-refractivity contribution < 1.29 is 27.7 Å². The third kappa shape index (κ3) is 6.29. The lowest BCUT2D eigenvalue weighted by Crippen LogP contribution is -2.17. The zero-order valence-electron chi connectivity index (χ0n) is 19.5. The molecule has 0 aliphatic rings. The maximum atomic E-state index is 11.7. The van der Waals surface area contributed by atoms with Crippen LogP contribution in [0.2, 0.25) is 0 Å². The minimum absolute atomic E-state index is 0.0455. The Balaban J connectivity index is 1.65. The number of sulfone groups is 1. The Bertz CT molecular complexity index is 1390. The molecule has 8 nitrogen and oxygen atoms in total. The molecule has 0 saturated heterocycles. The van der Waals surface area contributed by atoms with E-state index in [2.05, 4.69) is 9.97 Å². The summed E-state index contributed by atoms with van der Waals surface area (Å²) >= 11 is 1.42. The summed E-state index contributed by atoms with van der Waals surface area (Å²) in [6.45, 7) is 2.29. The molecule has 0 unspecified atom stereocenters. The molecular weight excluding hydrogens is 488 g/mol. The van der Waals surface area contributed by atoms with Gasteiger partial charge in [0.05, 0.1) is 28.7 Å². The van der Waals surface area contributed by atoms with E-state index >= 15 is 0 Å². The summed E-state index contributed by atoms with van der Waals surface area (Å²) < 4.78 is 40.7. The molecule has 0 amide bonds. The van der Waals surface area contributed by atoms with Crippen molar-refractivity contribution in [3.63, 3.8) is 0 Å². The summed E-state index contributed by atoms with van der Waals surface area (Å²) in [5.41, 5.74) is 2.51. The molecule has 0 radical (unpaired) electrons. The molecule has 2 aromatic carbocycles. The summed E-state index contributed by atoms with van der Waals surface area (Å²) in [4.78, 5) is 8.74. The number of benzene rings is 2. The van der Waals surface area contributed by atoms with Crippen LogP contribution in [0.3, 0.4) is 0 Å². The Labute approximate surface area is 208 Å². The van der Waals surface area contributed by atoms with Crippen molar-refractivity contribution in [1.82, 2.24) is 9.97 Å². The second-order valence-corrected chi connectivity index (χ2v) is 11.1. The number of nitrogens with one attached hydrogen (secondary N) is 1. The predicted molar refractivity (Wildman–Crippen MR) is 135 cm³/mol. The van der Waals surface area contributed by atoms with Crippen molar-refractivity contribution in [3.05, 3.63) is 65.7 Å². The van der Waals surface area contributed by atoms with E-state index in [1.807, 2.05) is 31.2 Å². The number of aliphatic hydroxyl groups excluding tert-OH is 1. The van der Waals surface area contributed by atoms with Gasteiger partial charge in [0.15, 0.2) is 9.84 Å². The molecule has 2 N–H and O–H groups in total. The molecule has 0 bridgehead atoms. The first-order valence-corrected chi connectivity index (χ1v) is 13.5. The number of aromatic amines is 1. The highest BCUT2D eigenvalue weighted by Crippen LogP contribution is 2.34. The lowest BCUT2D eigenvalue weighted by molar-refractivity contribution is 0.0920. The van der Waals surface area contributed by atoms with E-state index in [1.165, 1.54) is 23.5 Å². The molecule has 1 atom stereocenters. The lowest BCUT2D eigenvalue weighted by atomic mass is 10.1. The maximum Gasteiger partial charge on any atom is 0.175 e. The quantitative estimate of drug-likeness (QED) is 0.309. The van der Waals surface area contributed by atoms with Crippen LogP contribution in [-0.4, -0.2) is 49.6 Å². The van der Waals surface area contributed by atoms with Crippen LogP contribution in [0.25, 0.3) is 22.0 Å². The van der Waals surface area contributed by atoms with Crippen LogP contribution < -0.4 is 9.47 Å². The Kier molecular flexibility index (Phi) is 7.56. The Morgan fingerprint density at radius 1 is 1.03 bits per heavy atom. The highest BCUT2D eigenvalue weighted by molar-refractivity contribution is 7.90. The molecular formula is C25H26N2O6S2. The zero-order chi connectivity index (χ0) is 25.0. The zero-order valence-corrected chi connectivity index (χ0v) is 21.2. The van der Waals surface area contributed by atoms with E-state index in [4.69, 9.17) is 14.2 Å². The number of hydrogen-bond donors (Lipinski definition) is 2. The summed E-state index contributed by atoms with van der Waals surface area (Å²) in [5, 5.41) is 10.1. The first-order valence-electron chi connectivity index (χ1n) is 10.8. The van der Waals surface area contributed by atoms with Crippen molar-refractivity contribution in [2.45, 2.75) is 24.5 Å². The highest BCUT2D eigenvalue weighted by atomic mass is 32.2. The van der Waals surface area contributed by atoms with Crippen LogP contribution in [0.1, 0.15) is 11.8 Å². The second-order valence-electron chi connectivity index (χ2n) is 8.00. The number of methoxy groups -OCH3 is 1. The molecule has 184 valence electrons. The first kappa shape index (κ1) is 24.9. The van der Waals surface area contributed by atoms with Gasteiger partial charge in [-0.15, -0.1) is 11.3 Å². The fourth-order valence-corrected chi connectivity index (χ4v) is 4.82. The SMILES string of the molecule is COC[C@H](C)Oc1cc(Oc2ccc(S(C)(=O)=O)cc2)cc(-c2ccc(-c3ncc(CO)s3)[nH]2)c1. The van der Waals surface area contributed by atoms with Crippen molar-refractivity contribution in [1.29, 1.82) is 0 Å². The van der Waals surface area contributed by atoms with Crippen molar-refractivity contribution in [2.24, 2.45) is 0 Å². The van der Waals surface area contributed by atoms with Crippen LogP contribution in [0.15, 0.2) is 65.7 Å². The van der Waals surface area contributed by atoms with Gasteiger partial charge in [-0.2, -0.15) is 0 Å². The standard InChI is InChI=1S/C25H26N2O6S2/c1-16(15-31-2)32-19-10-17(23-8-9-24(27-23)25-26-13-21(14-28)34-25)11-20(12-19)33-18-4-6-22(7-5-18)35(3,29)30/h4-13,16,27-28H,14-15H2,1-3H3/t16-/m0/s1. The monoisotopic (exact) mass is 514 g/mol. The van der Waals surface area contributed by atoms with E-state index < -0.39 is 9.84 Å². The van der Waals surface area contributed by atoms with E-state index in [0.29, 0.717) is 23.9 Å². The van der Waals surface area contributed by atoms with Gasteiger partial charge in [0, 0.05) is 36.9 Å². The lowest BCUT2D eigenvalue weighted by Gasteiger charge is -2.16. The minimum Gasteiger partial charge on any atom is -0.488 e. The fourth-order valence-electron chi connectivity index (χ4n) is 3.44. The average molecular weight is 515 g/mol. The highest BCUT2D eigenvalue weighted by Gasteiger charge is 2.13. The van der Waals surface area contributed by atoms with Crippen LogP contribution in [0, 0.1) is 0 Å². The second kappa shape index (κ2) is 10.6. The number of ether oxygens (including phenoxy) is 3. The van der Waals surface area contributed by atoms with Gasteiger partial charge < -0.3 is 24.3 Å². The number of rotatable bonds is 10. The van der Waals surface area contributed by atoms with Crippen molar-refractivity contribution in [2.75, 3.05) is 20.0 Å². The molecule has 2 aromatic heterocycles. The van der Waals surface area contributed by atoms with Crippen LogP contribution in [0.5, 0.6) is 17.2 Å². The smallest absolute Gasteiger partial charge is 0.175 e. The first-order chi connectivity index (χ1) is 16.7. The number of aliphatic hydroxyl groups is 1. The van der Waals surface area contributed by atoms with Crippen molar-refractivity contribution in [3.8, 4) is 39.2 Å². The van der Waals surface area contributed by atoms with Crippen LogP contribution in [-0.2, 0) is 21.2 Å². The number of hydrogen-bond acceptors (Lipinski definition) is 8. The van der Waals surface area contributed by atoms with Gasteiger partial charge in [-0.3, -0.25) is 0 Å². The van der Waals surface area contributed by atoms with Crippen molar-refractivity contribution >= 4 is 21.2 Å². The largest absolute Gasteiger partial charge is 0.488 e. The molecule has 35 heavy (non-hydrogen) atoms. The molecule has 10 heteroatoms. The average Bonchev–Trinajstić information content (AvgIpc) is 3.48.